The van der Waals surface area contributed by atoms with E-state index < -0.39 is 5.97 Å². The Morgan fingerprint density at radius 1 is 1.69 bits per heavy atom. The zero-order valence-corrected chi connectivity index (χ0v) is 9.57. The van der Waals surface area contributed by atoms with Gasteiger partial charge in [0.1, 0.15) is 12.4 Å². The van der Waals surface area contributed by atoms with E-state index >= 15 is 0 Å². The summed E-state index contributed by atoms with van der Waals surface area (Å²) in [6.45, 7) is 0.386. The van der Waals surface area contributed by atoms with Crippen molar-refractivity contribution in [2.75, 3.05) is 18.6 Å². The van der Waals surface area contributed by atoms with Crippen LogP contribution in [0.25, 0.3) is 0 Å². The number of benzene rings is 1. The molecule has 1 aromatic carbocycles. The van der Waals surface area contributed by atoms with Gasteiger partial charge in [0.15, 0.2) is 0 Å². The molecule has 5 heteroatoms. The van der Waals surface area contributed by atoms with Crippen LogP contribution >= 0.6 is 11.6 Å². The molecule has 1 aromatic rings. The lowest BCUT2D eigenvalue weighted by Crippen LogP contribution is -2.41. The molecule has 0 bridgehead atoms. The number of carboxylic acids is 1. The normalized spacial score (nSPS) is 18.9. The summed E-state index contributed by atoms with van der Waals surface area (Å²) in [5, 5.41) is 9.39. The molecule has 0 fully saturated rings. The van der Waals surface area contributed by atoms with Gasteiger partial charge in [0.25, 0.3) is 0 Å². The lowest BCUT2D eigenvalue weighted by Gasteiger charge is -2.35. The molecule has 1 atom stereocenters. The van der Waals surface area contributed by atoms with Crippen molar-refractivity contribution in [1.82, 2.24) is 0 Å². The number of anilines is 1. The fourth-order valence-electron chi connectivity index (χ4n) is 1.78. The third kappa shape index (κ3) is 2.07. The van der Waals surface area contributed by atoms with E-state index in [1.165, 1.54) is 0 Å². The molecule has 0 aromatic heterocycles. The highest BCUT2D eigenvalue weighted by Crippen LogP contribution is 2.35. The lowest BCUT2D eigenvalue weighted by molar-refractivity contribution is -0.137. The Bertz CT molecular complexity index is 422. The van der Waals surface area contributed by atoms with Gasteiger partial charge in [-0.25, -0.2) is 0 Å². The van der Waals surface area contributed by atoms with Crippen LogP contribution in [0.4, 0.5) is 5.69 Å². The molecule has 86 valence electrons. The van der Waals surface area contributed by atoms with Gasteiger partial charge >= 0.3 is 5.97 Å². The number of carboxylic acid groups (broad SMARTS) is 1. The van der Waals surface area contributed by atoms with Crippen molar-refractivity contribution in [3.8, 4) is 5.75 Å². The topological polar surface area (TPSA) is 49.8 Å². The first kappa shape index (κ1) is 11.1. The average molecular weight is 242 g/mol. The number of hydrogen-bond acceptors (Lipinski definition) is 3. The Labute approximate surface area is 98.4 Å². The quantitative estimate of drug-likeness (QED) is 0.861. The van der Waals surface area contributed by atoms with Gasteiger partial charge in [0, 0.05) is 12.1 Å². The maximum atomic E-state index is 10.7. The number of fused-ring (bicyclic) bond motifs is 1. The van der Waals surface area contributed by atoms with Crippen LogP contribution in [0.5, 0.6) is 5.75 Å². The highest BCUT2D eigenvalue weighted by atomic mass is 35.5. The van der Waals surface area contributed by atoms with Crippen molar-refractivity contribution in [3.63, 3.8) is 0 Å². The minimum atomic E-state index is -0.828. The van der Waals surface area contributed by atoms with E-state index in [1.807, 2.05) is 11.9 Å². The van der Waals surface area contributed by atoms with E-state index in [-0.39, 0.29) is 12.5 Å². The molecule has 4 nitrogen and oxygen atoms in total. The van der Waals surface area contributed by atoms with Crippen LogP contribution in [0.15, 0.2) is 18.2 Å². The number of nitrogens with zero attached hydrogens (tertiary/aromatic N) is 1. The van der Waals surface area contributed by atoms with Crippen LogP contribution < -0.4 is 9.64 Å². The number of halogens is 1. The van der Waals surface area contributed by atoms with E-state index in [0.717, 1.165) is 11.4 Å². The van der Waals surface area contributed by atoms with Crippen molar-refractivity contribution in [1.29, 1.82) is 0 Å². The summed E-state index contributed by atoms with van der Waals surface area (Å²) in [6, 6.07) is 5.19. The van der Waals surface area contributed by atoms with Gasteiger partial charge in [-0.2, -0.15) is 0 Å². The lowest BCUT2D eigenvalue weighted by atomic mass is 10.1. The Morgan fingerprint density at radius 3 is 3.12 bits per heavy atom. The van der Waals surface area contributed by atoms with Crippen LogP contribution in [-0.4, -0.2) is 30.8 Å². The van der Waals surface area contributed by atoms with E-state index in [4.69, 9.17) is 21.4 Å². The van der Waals surface area contributed by atoms with Gasteiger partial charge in [-0.3, -0.25) is 4.79 Å². The first-order valence-corrected chi connectivity index (χ1v) is 5.32. The molecular formula is C11H12ClNO3. The molecule has 0 saturated carbocycles. The Balaban J connectivity index is 2.26. The molecule has 0 radical (unpaired) electrons. The van der Waals surface area contributed by atoms with E-state index in [1.54, 1.807) is 18.2 Å². The number of hydrogen-bond donors (Lipinski definition) is 1. The molecule has 1 N–H and O–H groups in total. The van der Waals surface area contributed by atoms with Crippen molar-refractivity contribution < 1.29 is 14.6 Å². The van der Waals surface area contributed by atoms with Crippen molar-refractivity contribution in [2.45, 2.75) is 12.5 Å². The smallest absolute Gasteiger partial charge is 0.305 e. The monoisotopic (exact) mass is 241 g/mol. The molecule has 16 heavy (non-hydrogen) atoms. The van der Waals surface area contributed by atoms with Gasteiger partial charge in [-0.1, -0.05) is 11.6 Å². The number of ether oxygens (including phenoxy) is 1. The zero-order valence-electron chi connectivity index (χ0n) is 8.81. The molecular weight excluding hydrogens is 230 g/mol. The summed E-state index contributed by atoms with van der Waals surface area (Å²) in [5.74, 6) is -0.0838. The van der Waals surface area contributed by atoms with Crippen LogP contribution in [0.1, 0.15) is 6.42 Å². The molecule has 0 aliphatic carbocycles. The molecule has 1 aliphatic rings. The molecule has 1 heterocycles. The van der Waals surface area contributed by atoms with E-state index in [9.17, 15) is 4.79 Å². The zero-order chi connectivity index (χ0) is 11.7. The maximum absolute atomic E-state index is 10.7. The maximum Gasteiger partial charge on any atom is 0.305 e. The van der Waals surface area contributed by atoms with Crippen LogP contribution in [0, 0.1) is 0 Å². The summed E-state index contributed by atoms with van der Waals surface area (Å²) in [7, 11) is 1.85. The van der Waals surface area contributed by atoms with Crippen LogP contribution in [0.3, 0.4) is 0 Å². The second-order valence-corrected chi connectivity index (χ2v) is 4.22. The minimum absolute atomic E-state index is 0.0580. The fraction of sp³-hybridized carbons (Fsp3) is 0.364. The predicted octanol–water partition coefficient (Wildman–Crippen LogP) is 2.01. The van der Waals surface area contributed by atoms with Crippen molar-refractivity contribution in [3.05, 3.63) is 23.2 Å². The fourth-order valence-corrected chi connectivity index (χ4v) is 1.95. The summed E-state index contributed by atoms with van der Waals surface area (Å²) in [6.07, 6.45) is 0.0580. The second kappa shape index (κ2) is 4.22. The standard InChI is InChI=1S/C11H12ClNO3/c1-13-8(5-11(14)15)6-16-10-3-2-7(12)4-9(10)13/h2-4,8H,5-6H2,1H3,(H,14,15). The van der Waals surface area contributed by atoms with Crippen LogP contribution in [-0.2, 0) is 4.79 Å². The molecule has 1 aliphatic heterocycles. The highest BCUT2D eigenvalue weighted by molar-refractivity contribution is 6.30. The molecule has 2 rings (SSSR count). The number of aliphatic carboxylic acids is 1. The predicted molar refractivity (Wildman–Crippen MR) is 61.4 cm³/mol. The van der Waals surface area contributed by atoms with Crippen LogP contribution in [0.2, 0.25) is 5.02 Å². The highest BCUT2D eigenvalue weighted by Gasteiger charge is 2.26. The Kier molecular flexibility index (Phi) is 2.92. The van der Waals surface area contributed by atoms with E-state index in [2.05, 4.69) is 0 Å². The van der Waals surface area contributed by atoms with Gasteiger partial charge in [-0.15, -0.1) is 0 Å². The minimum Gasteiger partial charge on any atom is -0.489 e. The molecule has 0 saturated heterocycles. The molecule has 0 amide bonds. The summed E-state index contributed by atoms with van der Waals surface area (Å²) >= 11 is 5.90. The van der Waals surface area contributed by atoms with Gasteiger partial charge < -0.3 is 14.7 Å². The first-order valence-electron chi connectivity index (χ1n) is 4.95. The van der Waals surface area contributed by atoms with Crippen molar-refractivity contribution in [2.24, 2.45) is 0 Å². The number of rotatable bonds is 2. The Morgan fingerprint density at radius 2 is 2.44 bits per heavy atom. The number of likely N-dealkylation sites (N-methyl/N-ethyl adjacent to an activating group) is 1. The first-order chi connectivity index (χ1) is 7.58. The van der Waals surface area contributed by atoms with E-state index in [0.29, 0.717) is 11.6 Å². The van der Waals surface area contributed by atoms with Crippen molar-refractivity contribution >= 4 is 23.3 Å². The van der Waals surface area contributed by atoms with Gasteiger partial charge in [0.2, 0.25) is 0 Å². The third-order valence-electron chi connectivity index (χ3n) is 2.69. The third-order valence-corrected chi connectivity index (χ3v) is 2.93. The van der Waals surface area contributed by atoms with Gasteiger partial charge in [0.05, 0.1) is 18.2 Å². The summed E-state index contributed by atoms with van der Waals surface area (Å²) < 4.78 is 5.50. The summed E-state index contributed by atoms with van der Waals surface area (Å²) in [5.41, 5.74) is 0.838. The average Bonchev–Trinajstić information content (AvgIpc) is 2.22. The van der Waals surface area contributed by atoms with Gasteiger partial charge in [-0.05, 0) is 18.2 Å². The second-order valence-electron chi connectivity index (χ2n) is 3.79. The Hall–Kier alpha value is -1.42. The molecule has 0 spiro atoms. The SMILES string of the molecule is CN1c2cc(Cl)ccc2OCC1CC(=O)O. The molecule has 1 unspecified atom stereocenters. The number of carbonyl (C=O) groups is 1. The largest absolute Gasteiger partial charge is 0.489 e. The summed E-state index contributed by atoms with van der Waals surface area (Å²) in [4.78, 5) is 12.6.